The van der Waals surface area contributed by atoms with Crippen molar-refractivity contribution in [1.82, 2.24) is 9.80 Å². The molecule has 0 aliphatic carbocycles. The highest BCUT2D eigenvalue weighted by Gasteiger charge is 2.31. The highest BCUT2D eigenvalue weighted by Crippen LogP contribution is 2.24. The van der Waals surface area contributed by atoms with Gasteiger partial charge in [-0.25, -0.2) is 0 Å². The first kappa shape index (κ1) is 22.2. The van der Waals surface area contributed by atoms with Gasteiger partial charge in [0.25, 0.3) is 5.91 Å². The lowest BCUT2D eigenvalue weighted by Crippen LogP contribution is -2.45. The molecule has 2 fully saturated rings. The van der Waals surface area contributed by atoms with Gasteiger partial charge in [-0.15, -0.1) is 0 Å². The van der Waals surface area contributed by atoms with Gasteiger partial charge in [0.2, 0.25) is 5.76 Å². The second kappa shape index (κ2) is 10.5. The van der Waals surface area contributed by atoms with E-state index in [1.165, 1.54) is 11.1 Å². The third kappa shape index (κ3) is 5.80. The lowest BCUT2D eigenvalue weighted by molar-refractivity contribution is -0.135. The number of hydrogen-bond donors (Lipinski definition) is 0. The fraction of sp³-hybridized carbons (Fsp3) is 0.640. The molecule has 6 heteroatoms. The number of nitrogens with zero attached hydrogens (tertiary/aromatic N) is 2. The quantitative estimate of drug-likeness (QED) is 0.665. The Labute approximate surface area is 186 Å². The van der Waals surface area contributed by atoms with Gasteiger partial charge in [-0.1, -0.05) is 24.3 Å². The van der Waals surface area contributed by atoms with E-state index in [4.69, 9.17) is 14.2 Å². The molecule has 3 aliphatic heterocycles. The Kier molecular flexibility index (Phi) is 7.51. The molecule has 0 saturated carbocycles. The van der Waals surface area contributed by atoms with Crippen molar-refractivity contribution in [1.29, 1.82) is 0 Å². The van der Waals surface area contributed by atoms with Gasteiger partial charge in [0.15, 0.2) is 0 Å². The molecule has 0 spiro atoms. The molecule has 1 aromatic rings. The summed E-state index contributed by atoms with van der Waals surface area (Å²) in [6.45, 7) is 10.3. The molecule has 170 valence electrons. The summed E-state index contributed by atoms with van der Waals surface area (Å²) in [6, 6.07) is 8.64. The average molecular weight is 429 g/mol. The molecule has 4 rings (SSSR count). The topological polar surface area (TPSA) is 51.2 Å². The Bertz CT molecular complexity index is 779. The van der Waals surface area contributed by atoms with Crippen molar-refractivity contribution in [3.05, 3.63) is 46.9 Å². The van der Waals surface area contributed by atoms with Crippen LogP contribution < -0.4 is 0 Å². The van der Waals surface area contributed by atoms with E-state index in [-0.39, 0.29) is 12.0 Å². The molecule has 1 atom stereocenters. The van der Waals surface area contributed by atoms with E-state index in [1.807, 2.05) is 11.8 Å². The third-order valence-electron chi connectivity index (χ3n) is 6.74. The zero-order valence-corrected chi connectivity index (χ0v) is 19.0. The standard InChI is InChI=1S/C25H36N2O4/c1-19-6-3-4-7-22(19)17-26-11-9-21(10-12-26)16-27(18-23-8-5-13-30-23)25(28)24-20(2)29-14-15-31-24/h3-4,6-7,21,23H,5,8-18H2,1-2H3/t23-/m1/s1. The predicted molar refractivity (Wildman–Crippen MR) is 119 cm³/mol. The number of benzene rings is 1. The molecule has 31 heavy (non-hydrogen) atoms. The van der Waals surface area contributed by atoms with Gasteiger partial charge in [-0.2, -0.15) is 0 Å². The van der Waals surface area contributed by atoms with Crippen molar-refractivity contribution in [3.63, 3.8) is 0 Å². The number of carbonyl (C=O) groups is 1. The van der Waals surface area contributed by atoms with Gasteiger partial charge in [0, 0.05) is 26.2 Å². The van der Waals surface area contributed by atoms with Crippen LogP contribution in [-0.4, -0.2) is 67.8 Å². The van der Waals surface area contributed by atoms with Crippen LogP contribution in [0.3, 0.4) is 0 Å². The van der Waals surface area contributed by atoms with Crippen LogP contribution in [0.5, 0.6) is 0 Å². The summed E-state index contributed by atoms with van der Waals surface area (Å²) in [4.78, 5) is 17.8. The van der Waals surface area contributed by atoms with E-state index in [9.17, 15) is 4.79 Å². The lowest BCUT2D eigenvalue weighted by Gasteiger charge is -2.36. The second-order valence-corrected chi connectivity index (χ2v) is 9.07. The second-order valence-electron chi connectivity index (χ2n) is 9.07. The summed E-state index contributed by atoms with van der Waals surface area (Å²) in [5.74, 6) is 1.43. The molecule has 3 heterocycles. The number of aryl methyl sites for hydroxylation is 1. The van der Waals surface area contributed by atoms with Crippen LogP contribution in [0.2, 0.25) is 0 Å². The van der Waals surface area contributed by atoms with Crippen LogP contribution in [-0.2, 0) is 25.5 Å². The van der Waals surface area contributed by atoms with Crippen LogP contribution in [0, 0.1) is 12.8 Å². The molecule has 6 nitrogen and oxygen atoms in total. The Hall–Kier alpha value is -2.05. The third-order valence-corrected chi connectivity index (χ3v) is 6.74. The molecule has 0 radical (unpaired) electrons. The van der Waals surface area contributed by atoms with E-state index in [0.29, 0.717) is 37.2 Å². The highest BCUT2D eigenvalue weighted by molar-refractivity contribution is 5.92. The van der Waals surface area contributed by atoms with Crippen LogP contribution in [0.25, 0.3) is 0 Å². The molecule has 0 unspecified atom stereocenters. The minimum absolute atomic E-state index is 0.0463. The molecular weight excluding hydrogens is 392 g/mol. The average Bonchev–Trinajstić information content (AvgIpc) is 3.29. The largest absolute Gasteiger partial charge is 0.491 e. The first-order valence-electron chi connectivity index (χ1n) is 11.7. The van der Waals surface area contributed by atoms with E-state index in [2.05, 4.69) is 36.1 Å². The maximum atomic E-state index is 13.3. The van der Waals surface area contributed by atoms with Crippen molar-refractivity contribution >= 4 is 5.91 Å². The Morgan fingerprint density at radius 3 is 2.52 bits per heavy atom. The van der Waals surface area contributed by atoms with E-state index in [1.54, 1.807) is 0 Å². The molecular formula is C25H36N2O4. The number of allylic oxidation sites excluding steroid dienone is 1. The smallest absolute Gasteiger partial charge is 0.292 e. The fourth-order valence-electron chi connectivity index (χ4n) is 4.80. The zero-order valence-electron chi connectivity index (χ0n) is 19.0. The van der Waals surface area contributed by atoms with E-state index >= 15 is 0 Å². The molecule has 0 N–H and O–H groups in total. The van der Waals surface area contributed by atoms with Crippen LogP contribution in [0.1, 0.15) is 43.7 Å². The highest BCUT2D eigenvalue weighted by atomic mass is 16.6. The lowest BCUT2D eigenvalue weighted by atomic mass is 9.95. The maximum Gasteiger partial charge on any atom is 0.292 e. The van der Waals surface area contributed by atoms with Gasteiger partial charge in [0.05, 0.1) is 6.10 Å². The number of hydrogen-bond acceptors (Lipinski definition) is 5. The maximum absolute atomic E-state index is 13.3. The fourth-order valence-corrected chi connectivity index (χ4v) is 4.80. The van der Waals surface area contributed by atoms with Crippen molar-refractivity contribution in [2.24, 2.45) is 5.92 Å². The van der Waals surface area contributed by atoms with Crippen molar-refractivity contribution in [2.45, 2.75) is 52.2 Å². The van der Waals surface area contributed by atoms with Gasteiger partial charge in [-0.3, -0.25) is 9.69 Å². The summed E-state index contributed by atoms with van der Waals surface area (Å²) >= 11 is 0. The molecule has 3 aliphatic rings. The molecule has 0 bridgehead atoms. The van der Waals surface area contributed by atoms with E-state index < -0.39 is 0 Å². The van der Waals surface area contributed by atoms with Gasteiger partial charge < -0.3 is 19.1 Å². The number of ether oxygens (including phenoxy) is 3. The molecule has 1 amide bonds. The number of rotatable bonds is 7. The summed E-state index contributed by atoms with van der Waals surface area (Å²) in [6.07, 6.45) is 4.45. The summed E-state index contributed by atoms with van der Waals surface area (Å²) in [7, 11) is 0. The molecule has 0 aromatic heterocycles. The van der Waals surface area contributed by atoms with E-state index in [0.717, 1.165) is 58.5 Å². The number of carbonyl (C=O) groups excluding carboxylic acids is 1. The van der Waals surface area contributed by atoms with Crippen LogP contribution in [0.4, 0.5) is 0 Å². The predicted octanol–water partition coefficient (Wildman–Crippen LogP) is 3.49. The van der Waals surface area contributed by atoms with Gasteiger partial charge >= 0.3 is 0 Å². The Morgan fingerprint density at radius 1 is 1.03 bits per heavy atom. The molecule has 1 aromatic carbocycles. The summed E-state index contributed by atoms with van der Waals surface area (Å²) in [5.41, 5.74) is 2.77. The van der Waals surface area contributed by atoms with Crippen molar-refractivity contribution in [3.8, 4) is 0 Å². The van der Waals surface area contributed by atoms with Crippen LogP contribution >= 0.6 is 0 Å². The number of likely N-dealkylation sites (tertiary alicyclic amines) is 1. The Balaban J connectivity index is 1.35. The first-order chi connectivity index (χ1) is 15.1. The monoisotopic (exact) mass is 428 g/mol. The number of amides is 1. The summed E-state index contributed by atoms with van der Waals surface area (Å²) < 4.78 is 17.1. The zero-order chi connectivity index (χ0) is 21.6. The SMILES string of the molecule is CC1=C(C(=O)N(CC2CCN(Cc3ccccc3C)CC2)C[C@H]2CCCO2)OCCO1. The van der Waals surface area contributed by atoms with Crippen molar-refractivity contribution in [2.75, 3.05) is 46.0 Å². The van der Waals surface area contributed by atoms with Gasteiger partial charge in [-0.05, 0) is 69.7 Å². The summed E-state index contributed by atoms with van der Waals surface area (Å²) in [5, 5.41) is 0. The van der Waals surface area contributed by atoms with Crippen LogP contribution in [0.15, 0.2) is 35.8 Å². The number of piperidine rings is 1. The molecule has 2 saturated heterocycles. The minimum atomic E-state index is -0.0463. The van der Waals surface area contributed by atoms with Gasteiger partial charge in [0.1, 0.15) is 19.0 Å². The Morgan fingerprint density at radius 2 is 1.81 bits per heavy atom. The minimum Gasteiger partial charge on any atom is -0.491 e. The first-order valence-corrected chi connectivity index (χ1v) is 11.7. The normalized spacial score (nSPS) is 22.8. The van der Waals surface area contributed by atoms with Crippen molar-refractivity contribution < 1.29 is 19.0 Å².